The van der Waals surface area contributed by atoms with E-state index in [-0.39, 0.29) is 5.60 Å². The number of epoxide rings is 1. The van der Waals surface area contributed by atoms with Gasteiger partial charge in [0.15, 0.2) is 0 Å². The van der Waals surface area contributed by atoms with E-state index in [1.54, 1.807) is 16.7 Å². The van der Waals surface area contributed by atoms with E-state index in [9.17, 15) is 0 Å². The average Bonchev–Trinajstić information content (AvgIpc) is 3.04. The Morgan fingerprint density at radius 2 is 1.87 bits per heavy atom. The maximum Gasteiger partial charge on any atom is 0.0926 e. The van der Waals surface area contributed by atoms with E-state index in [2.05, 4.69) is 46.4 Å². The quantitative estimate of drug-likeness (QED) is 0.378. The fraction of sp³-hybridized carbons (Fsp3) is 0.636. The van der Waals surface area contributed by atoms with Crippen molar-refractivity contribution >= 4 is 0 Å². The van der Waals surface area contributed by atoms with Gasteiger partial charge in [0.05, 0.1) is 11.7 Å². The Balaban J connectivity index is 1.83. The van der Waals surface area contributed by atoms with Gasteiger partial charge >= 0.3 is 0 Å². The lowest BCUT2D eigenvalue weighted by Crippen LogP contribution is -2.11. The zero-order valence-electron chi connectivity index (χ0n) is 15.4. The zero-order chi connectivity index (χ0) is 16.6. The van der Waals surface area contributed by atoms with Crippen molar-refractivity contribution in [2.45, 2.75) is 84.3 Å². The summed E-state index contributed by atoms with van der Waals surface area (Å²) < 4.78 is 6.12. The average molecular weight is 312 g/mol. The second-order valence-corrected chi connectivity index (χ2v) is 8.14. The molecule has 3 unspecified atom stereocenters. The molecule has 0 N–H and O–H groups in total. The number of hydrogen-bond donors (Lipinski definition) is 0. The number of hydrogen-bond acceptors (Lipinski definition) is 1. The van der Waals surface area contributed by atoms with Crippen molar-refractivity contribution in [1.82, 2.24) is 0 Å². The van der Waals surface area contributed by atoms with Gasteiger partial charge in [0, 0.05) is 5.92 Å². The van der Waals surface area contributed by atoms with Crippen LogP contribution in [-0.2, 0) is 4.74 Å². The zero-order valence-corrected chi connectivity index (χ0v) is 15.4. The lowest BCUT2D eigenvalue weighted by atomic mass is 9.89. The molecule has 0 spiro atoms. The van der Waals surface area contributed by atoms with Crippen LogP contribution in [0.15, 0.2) is 46.6 Å². The summed E-state index contributed by atoms with van der Waals surface area (Å²) in [6, 6.07) is 0. The minimum Gasteiger partial charge on any atom is -0.366 e. The maximum atomic E-state index is 6.12. The molecule has 0 aromatic rings. The molecule has 3 rings (SSSR count). The van der Waals surface area contributed by atoms with Crippen molar-refractivity contribution in [3.05, 3.63) is 46.6 Å². The molecule has 0 aromatic carbocycles. The van der Waals surface area contributed by atoms with Gasteiger partial charge in [0.1, 0.15) is 0 Å². The molecule has 1 fully saturated rings. The Hall–Kier alpha value is -1.08. The summed E-state index contributed by atoms with van der Waals surface area (Å²) in [7, 11) is 0. The van der Waals surface area contributed by atoms with Crippen LogP contribution in [0, 0.1) is 5.92 Å². The molecule has 0 bridgehead atoms. The molecule has 1 saturated heterocycles. The molecule has 1 nitrogen and oxygen atoms in total. The summed E-state index contributed by atoms with van der Waals surface area (Å²) >= 11 is 0. The third kappa shape index (κ3) is 3.71. The fourth-order valence-electron chi connectivity index (χ4n) is 4.26. The van der Waals surface area contributed by atoms with Gasteiger partial charge in [-0.2, -0.15) is 0 Å². The van der Waals surface area contributed by atoms with E-state index in [4.69, 9.17) is 4.74 Å². The van der Waals surface area contributed by atoms with Gasteiger partial charge in [0.25, 0.3) is 0 Å². The van der Waals surface area contributed by atoms with Gasteiger partial charge in [-0.1, -0.05) is 41.0 Å². The van der Waals surface area contributed by atoms with Crippen LogP contribution in [0.3, 0.4) is 0 Å². The lowest BCUT2D eigenvalue weighted by molar-refractivity contribution is 0.296. The highest BCUT2D eigenvalue weighted by molar-refractivity contribution is 5.43. The second-order valence-electron chi connectivity index (χ2n) is 8.14. The van der Waals surface area contributed by atoms with E-state index in [1.807, 2.05) is 0 Å². The Bertz CT molecular complexity index is 589. The van der Waals surface area contributed by atoms with Crippen molar-refractivity contribution < 1.29 is 4.74 Å². The van der Waals surface area contributed by atoms with Crippen LogP contribution in [0.2, 0.25) is 0 Å². The predicted molar refractivity (Wildman–Crippen MR) is 98.4 cm³/mol. The summed E-state index contributed by atoms with van der Waals surface area (Å²) in [4.78, 5) is 0. The van der Waals surface area contributed by atoms with E-state index in [0.29, 0.717) is 12.0 Å². The number of fused-ring (bicyclic) bond motifs is 2. The summed E-state index contributed by atoms with van der Waals surface area (Å²) in [6.07, 6.45) is 13.6. The van der Waals surface area contributed by atoms with Crippen molar-refractivity contribution in [2.24, 2.45) is 5.92 Å². The molecule has 1 aliphatic heterocycles. The molecule has 0 aromatic heterocycles. The maximum absolute atomic E-state index is 6.12. The van der Waals surface area contributed by atoms with Crippen LogP contribution in [0.25, 0.3) is 0 Å². The van der Waals surface area contributed by atoms with Crippen LogP contribution in [0.1, 0.15) is 72.6 Å². The molecule has 2 aliphatic carbocycles. The van der Waals surface area contributed by atoms with Crippen molar-refractivity contribution in [2.75, 3.05) is 0 Å². The van der Waals surface area contributed by atoms with Gasteiger partial charge in [-0.3, -0.25) is 0 Å². The number of rotatable bonds is 0. The molecular weight excluding hydrogens is 280 g/mol. The number of allylic oxidation sites excluding steroid dienone is 6. The van der Waals surface area contributed by atoms with E-state index in [0.717, 1.165) is 25.7 Å². The van der Waals surface area contributed by atoms with Gasteiger partial charge in [0.2, 0.25) is 0 Å². The van der Waals surface area contributed by atoms with Gasteiger partial charge in [-0.25, -0.2) is 0 Å². The van der Waals surface area contributed by atoms with E-state index < -0.39 is 0 Å². The summed E-state index contributed by atoms with van der Waals surface area (Å²) in [5, 5.41) is 0. The minimum absolute atomic E-state index is 0.0986. The van der Waals surface area contributed by atoms with Crippen LogP contribution >= 0.6 is 0 Å². The third-order valence-corrected chi connectivity index (χ3v) is 6.13. The van der Waals surface area contributed by atoms with Crippen LogP contribution in [0.4, 0.5) is 0 Å². The topological polar surface area (TPSA) is 12.5 Å². The molecule has 3 aliphatic rings. The van der Waals surface area contributed by atoms with E-state index in [1.165, 1.54) is 30.4 Å². The third-order valence-electron chi connectivity index (χ3n) is 6.13. The molecule has 0 radical (unpaired) electrons. The first kappa shape index (κ1) is 16.8. The van der Waals surface area contributed by atoms with Crippen molar-refractivity contribution in [3.63, 3.8) is 0 Å². The summed E-state index contributed by atoms with van der Waals surface area (Å²) in [6.45, 7) is 13.4. The first-order valence-corrected chi connectivity index (χ1v) is 9.27. The highest BCUT2D eigenvalue weighted by atomic mass is 16.6. The van der Waals surface area contributed by atoms with Gasteiger partial charge in [-0.15, -0.1) is 0 Å². The summed E-state index contributed by atoms with van der Waals surface area (Å²) in [5.74, 6) is 0.565. The van der Waals surface area contributed by atoms with Crippen molar-refractivity contribution in [3.8, 4) is 0 Å². The Morgan fingerprint density at radius 1 is 1.13 bits per heavy atom. The molecule has 23 heavy (non-hydrogen) atoms. The molecule has 126 valence electrons. The largest absolute Gasteiger partial charge is 0.366 e. The lowest BCUT2D eigenvalue weighted by Gasteiger charge is -2.14. The fourth-order valence-corrected chi connectivity index (χ4v) is 4.26. The smallest absolute Gasteiger partial charge is 0.0926 e. The van der Waals surface area contributed by atoms with Crippen LogP contribution < -0.4 is 0 Å². The second kappa shape index (κ2) is 6.43. The molecule has 0 amide bonds. The number of ether oxygens (including phenoxy) is 1. The molecule has 1 heterocycles. The van der Waals surface area contributed by atoms with Gasteiger partial charge < -0.3 is 4.74 Å². The Kier molecular flexibility index (Phi) is 4.69. The monoisotopic (exact) mass is 312 g/mol. The standard InChI is InChI=1S/C22H32O/c1-15-8-6-9-16(2)12-19-13-17(3)18(4)20(19)14-21-22(5,23-21)11-7-10-15/h10,12,19,21H,3,6-9,11,13-14H2,1-2,4-5H3. The molecular formula is C22H32O. The predicted octanol–water partition coefficient (Wildman–Crippen LogP) is 6.28. The van der Waals surface area contributed by atoms with Crippen molar-refractivity contribution in [1.29, 1.82) is 0 Å². The highest BCUT2D eigenvalue weighted by Crippen LogP contribution is 2.48. The minimum atomic E-state index is 0.0986. The molecule has 3 atom stereocenters. The normalized spacial score (nSPS) is 35.9. The first-order chi connectivity index (χ1) is 10.9. The van der Waals surface area contributed by atoms with Crippen LogP contribution in [0.5, 0.6) is 0 Å². The molecule has 1 heteroatoms. The Labute approximate surface area is 142 Å². The van der Waals surface area contributed by atoms with E-state index >= 15 is 0 Å². The first-order valence-electron chi connectivity index (χ1n) is 9.27. The SMILES string of the molecule is C=C1CC2C=C(C)CCCC(C)=CCCC3(C)OC3CC2=C1C. The Morgan fingerprint density at radius 3 is 2.65 bits per heavy atom. The van der Waals surface area contributed by atoms with Gasteiger partial charge in [-0.05, 0) is 78.2 Å². The highest BCUT2D eigenvalue weighted by Gasteiger charge is 2.52. The van der Waals surface area contributed by atoms with Crippen LogP contribution in [-0.4, -0.2) is 11.7 Å². The summed E-state index contributed by atoms with van der Waals surface area (Å²) in [5.41, 5.74) is 7.55. The molecule has 0 saturated carbocycles.